The van der Waals surface area contributed by atoms with Crippen LogP contribution in [0.4, 0.5) is 0 Å². The van der Waals surface area contributed by atoms with Gasteiger partial charge in [-0.3, -0.25) is 0 Å². The zero-order valence-corrected chi connectivity index (χ0v) is 13.6. The number of nitrogens with zero attached hydrogens (tertiary/aromatic N) is 6. The van der Waals surface area contributed by atoms with Gasteiger partial charge in [0, 0.05) is 17.4 Å². The van der Waals surface area contributed by atoms with Gasteiger partial charge in [0.2, 0.25) is 0 Å². The number of aromatic nitrogens is 3. The van der Waals surface area contributed by atoms with E-state index in [-0.39, 0.29) is 0 Å². The van der Waals surface area contributed by atoms with Crippen LogP contribution in [0.25, 0.3) is 5.69 Å². The molecule has 1 aromatic carbocycles. The minimum atomic E-state index is -0.550. The molecule has 1 atom stereocenters. The Morgan fingerprint density at radius 1 is 1.26 bits per heavy atom. The van der Waals surface area contributed by atoms with Gasteiger partial charge in [-0.25, -0.2) is 9.67 Å². The summed E-state index contributed by atoms with van der Waals surface area (Å²) < 4.78 is 1.73. The van der Waals surface area contributed by atoms with E-state index in [9.17, 15) is 0 Å². The summed E-state index contributed by atoms with van der Waals surface area (Å²) in [6.45, 7) is 1.99. The molecule has 2 heterocycles. The first-order valence-corrected chi connectivity index (χ1v) is 8.19. The van der Waals surface area contributed by atoms with Crippen LogP contribution in [-0.4, -0.2) is 26.5 Å². The van der Waals surface area contributed by atoms with Crippen LogP contribution in [-0.2, 0) is 6.42 Å². The van der Waals surface area contributed by atoms with E-state index in [0.717, 1.165) is 17.2 Å². The Kier molecular flexibility index (Phi) is 3.49. The van der Waals surface area contributed by atoms with Crippen molar-refractivity contribution in [2.24, 2.45) is 21.1 Å². The Labute approximate surface area is 139 Å². The molecule has 0 radical (unpaired) electrons. The molecule has 6 nitrogen and oxygen atoms in total. The van der Waals surface area contributed by atoms with Crippen LogP contribution in [0, 0.1) is 5.92 Å². The van der Waals surface area contributed by atoms with E-state index in [1.807, 2.05) is 37.4 Å². The number of rotatable bonds is 4. The Hall–Kier alpha value is -2.08. The van der Waals surface area contributed by atoms with Crippen molar-refractivity contribution >= 4 is 17.4 Å². The summed E-state index contributed by atoms with van der Waals surface area (Å²) in [4.78, 5) is 4.72. The fourth-order valence-electron chi connectivity index (χ4n) is 2.81. The van der Waals surface area contributed by atoms with E-state index in [1.54, 1.807) is 4.68 Å². The van der Waals surface area contributed by atoms with Crippen LogP contribution >= 0.6 is 11.6 Å². The van der Waals surface area contributed by atoms with Gasteiger partial charge in [0.25, 0.3) is 0 Å². The molecule has 118 valence electrons. The number of halogens is 1. The molecule has 0 bridgehead atoms. The molecular formula is C16H17ClN6. The number of amidine groups is 1. The summed E-state index contributed by atoms with van der Waals surface area (Å²) >= 11 is 5.91. The summed E-state index contributed by atoms with van der Waals surface area (Å²) in [5.74, 6) is 1.41. The SMILES string of the molecule is CC1(Cc2cn(-c3ccc(Cl)cc3)nn2)N=NC(C2CCC2)=N1. The second-order valence-electron chi connectivity index (χ2n) is 6.32. The van der Waals surface area contributed by atoms with Crippen molar-refractivity contribution in [3.05, 3.63) is 41.2 Å². The number of azo groups is 1. The lowest BCUT2D eigenvalue weighted by atomic mass is 9.84. The number of aliphatic imine (C=N–C) groups is 1. The van der Waals surface area contributed by atoms with Crippen LogP contribution < -0.4 is 0 Å². The molecule has 1 fully saturated rings. The summed E-state index contributed by atoms with van der Waals surface area (Å²) in [6.07, 6.45) is 6.13. The quantitative estimate of drug-likeness (QED) is 0.855. The van der Waals surface area contributed by atoms with Gasteiger partial charge < -0.3 is 0 Å². The normalized spacial score (nSPS) is 23.8. The summed E-state index contributed by atoms with van der Waals surface area (Å²) in [5.41, 5.74) is 1.22. The molecule has 1 aliphatic heterocycles. The zero-order chi connectivity index (χ0) is 15.9. The molecule has 1 saturated carbocycles. The summed E-state index contributed by atoms with van der Waals surface area (Å²) in [5, 5.41) is 17.8. The van der Waals surface area contributed by atoms with Crippen molar-refractivity contribution in [2.75, 3.05) is 0 Å². The molecule has 1 aromatic heterocycles. The Morgan fingerprint density at radius 3 is 2.74 bits per heavy atom. The topological polar surface area (TPSA) is 67.8 Å². The van der Waals surface area contributed by atoms with Crippen molar-refractivity contribution in [1.82, 2.24) is 15.0 Å². The van der Waals surface area contributed by atoms with Gasteiger partial charge in [-0.05, 0) is 44.0 Å². The predicted octanol–water partition coefficient (Wildman–Crippen LogP) is 3.84. The minimum Gasteiger partial charge on any atom is -0.236 e. The lowest BCUT2D eigenvalue weighted by molar-refractivity contribution is 0.409. The Bertz CT molecular complexity index is 774. The molecule has 7 heteroatoms. The van der Waals surface area contributed by atoms with Crippen LogP contribution in [0.2, 0.25) is 5.02 Å². The van der Waals surface area contributed by atoms with Gasteiger partial charge in [-0.2, -0.15) is 5.11 Å². The molecule has 2 aliphatic rings. The third-order valence-electron chi connectivity index (χ3n) is 4.34. The maximum absolute atomic E-state index is 5.91. The van der Waals surface area contributed by atoms with Crippen molar-refractivity contribution in [3.8, 4) is 5.69 Å². The van der Waals surface area contributed by atoms with Crippen LogP contribution in [0.5, 0.6) is 0 Å². The lowest BCUT2D eigenvalue weighted by Gasteiger charge is -2.23. The van der Waals surface area contributed by atoms with Gasteiger partial charge in [0.15, 0.2) is 11.5 Å². The molecule has 23 heavy (non-hydrogen) atoms. The second kappa shape index (κ2) is 5.53. The minimum absolute atomic E-state index is 0.505. The maximum Gasteiger partial charge on any atom is 0.175 e. The first kappa shape index (κ1) is 14.5. The molecule has 4 rings (SSSR count). The summed E-state index contributed by atoms with van der Waals surface area (Å²) in [6, 6.07) is 7.48. The van der Waals surface area contributed by atoms with Gasteiger partial charge in [-0.15, -0.1) is 10.2 Å². The van der Waals surface area contributed by atoms with Gasteiger partial charge >= 0.3 is 0 Å². The molecule has 0 amide bonds. The van der Waals surface area contributed by atoms with Crippen molar-refractivity contribution in [3.63, 3.8) is 0 Å². The highest BCUT2D eigenvalue weighted by Gasteiger charge is 2.34. The third kappa shape index (κ3) is 2.91. The fourth-order valence-corrected chi connectivity index (χ4v) is 2.93. The standard InChI is InChI=1S/C16H17ClN6/c1-16(18-15(20-21-16)11-3-2-4-11)9-13-10-23(22-19-13)14-7-5-12(17)6-8-14/h5-8,10-11H,2-4,9H2,1H3. The van der Waals surface area contributed by atoms with E-state index < -0.39 is 5.66 Å². The lowest BCUT2D eigenvalue weighted by Crippen LogP contribution is -2.23. The van der Waals surface area contributed by atoms with Crippen LogP contribution in [0.15, 0.2) is 45.7 Å². The highest BCUT2D eigenvalue weighted by Crippen LogP contribution is 2.34. The Morgan fingerprint density at radius 2 is 2.04 bits per heavy atom. The number of benzene rings is 1. The molecule has 0 spiro atoms. The first-order chi connectivity index (χ1) is 11.1. The number of hydrogen-bond acceptors (Lipinski definition) is 5. The average Bonchev–Trinajstić information content (AvgIpc) is 3.06. The molecule has 1 unspecified atom stereocenters. The Balaban J connectivity index is 1.50. The summed E-state index contributed by atoms with van der Waals surface area (Å²) in [7, 11) is 0. The third-order valence-corrected chi connectivity index (χ3v) is 4.59. The number of hydrogen-bond donors (Lipinski definition) is 0. The van der Waals surface area contributed by atoms with Gasteiger partial charge in [0.1, 0.15) is 0 Å². The first-order valence-electron chi connectivity index (χ1n) is 7.81. The molecular weight excluding hydrogens is 312 g/mol. The van der Waals surface area contributed by atoms with E-state index in [4.69, 9.17) is 16.6 Å². The van der Waals surface area contributed by atoms with Gasteiger partial charge in [-0.1, -0.05) is 23.2 Å². The molecule has 2 aromatic rings. The largest absolute Gasteiger partial charge is 0.236 e. The fraction of sp³-hybridized carbons (Fsp3) is 0.438. The predicted molar refractivity (Wildman–Crippen MR) is 88.1 cm³/mol. The van der Waals surface area contributed by atoms with Crippen molar-refractivity contribution < 1.29 is 0 Å². The molecule has 0 saturated heterocycles. The van der Waals surface area contributed by atoms with Crippen molar-refractivity contribution in [1.29, 1.82) is 0 Å². The molecule has 1 aliphatic carbocycles. The average molecular weight is 329 g/mol. The van der Waals surface area contributed by atoms with Crippen molar-refractivity contribution in [2.45, 2.75) is 38.3 Å². The highest BCUT2D eigenvalue weighted by molar-refractivity contribution is 6.30. The maximum atomic E-state index is 5.91. The van der Waals surface area contributed by atoms with Crippen LogP contribution in [0.1, 0.15) is 31.9 Å². The van der Waals surface area contributed by atoms with Crippen LogP contribution in [0.3, 0.4) is 0 Å². The smallest absolute Gasteiger partial charge is 0.175 e. The van der Waals surface area contributed by atoms with E-state index >= 15 is 0 Å². The van der Waals surface area contributed by atoms with Gasteiger partial charge in [0.05, 0.1) is 17.6 Å². The highest BCUT2D eigenvalue weighted by atomic mass is 35.5. The molecule has 0 N–H and O–H groups in total. The monoisotopic (exact) mass is 328 g/mol. The van der Waals surface area contributed by atoms with E-state index in [2.05, 4.69) is 20.5 Å². The van der Waals surface area contributed by atoms with E-state index in [0.29, 0.717) is 17.4 Å². The second-order valence-corrected chi connectivity index (χ2v) is 6.76. The van der Waals surface area contributed by atoms with E-state index in [1.165, 1.54) is 19.3 Å². The zero-order valence-electron chi connectivity index (χ0n) is 12.9.